The zero-order chi connectivity index (χ0) is 8.84. The number of nitrogens with zero attached hydrogens (tertiary/aromatic N) is 2. The van der Waals surface area contributed by atoms with E-state index in [1.165, 1.54) is 12.8 Å². The maximum Gasteiger partial charge on any atom is 0.247 e. The van der Waals surface area contributed by atoms with Crippen molar-refractivity contribution in [1.29, 1.82) is 0 Å². The summed E-state index contributed by atoms with van der Waals surface area (Å²) < 4.78 is 5.55. The largest absolute Gasteiger partial charge is 0.422 e. The Morgan fingerprint density at radius 3 is 2.92 bits per heavy atom. The maximum atomic E-state index is 5.55. The first kappa shape index (κ1) is 7.06. The lowest BCUT2D eigenvalue weighted by Crippen LogP contribution is -1.78. The first-order chi connectivity index (χ1) is 6.33. The monoisotopic (exact) mass is 174 g/mol. The average Bonchev–Trinajstić information content (AvgIpc) is 2.87. The highest BCUT2D eigenvalue weighted by Crippen LogP contribution is 2.40. The second-order valence-corrected chi connectivity index (χ2v) is 3.60. The van der Waals surface area contributed by atoms with Gasteiger partial charge >= 0.3 is 0 Å². The molecule has 13 heavy (non-hydrogen) atoms. The smallest absolute Gasteiger partial charge is 0.247 e. The molecule has 3 heteroatoms. The van der Waals surface area contributed by atoms with Crippen molar-refractivity contribution in [1.82, 2.24) is 9.97 Å². The molecule has 1 aliphatic rings. The van der Waals surface area contributed by atoms with E-state index in [1.54, 1.807) is 0 Å². The Labute approximate surface area is 75.8 Å². The van der Waals surface area contributed by atoms with Gasteiger partial charge in [0.05, 0.1) is 0 Å². The van der Waals surface area contributed by atoms with Crippen LogP contribution in [0.1, 0.15) is 30.3 Å². The van der Waals surface area contributed by atoms with E-state index in [1.807, 2.05) is 19.1 Å². The Balaban J connectivity index is 2.20. The fourth-order valence-corrected chi connectivity index (χ4v) is 1.43. The number of hydrogen-bond donors (Lipinski definition) is 0. The normalized spacial score (nSPS) is 16.7. The molecule has 3 rings (SSSR count). The molecule has 0 radical (unpaired) electrons. The van der Waals surface area contributed by atoms with E-state index < -0.39 is 0 Å². The van der Waals surface area contributed by atoms with Gasteiger partial charge in [-0.05, 0) is 31.9 Å². The lowest BCUT2D eigenvalue weighted by Gasteiger charge is -1.87. The Bertz CT molecular complexity index is 457. The minimum absolute atomic E-state index is 0.564. The molecule has 1 aliphatic carbocycles. The van der Waals surface area contributed by atoms with Crippen molar-refractivity contribution in [3.63, 3.8) is 0 Å². The molecule has 66 valence electrons. The van der Waals surface area contributed by atoms with E-state index in [0.717, 1.165) is 17.1 Å². The molecule has 1 saturated carbocycles. The summed E-state index contributed by atoms with van der Waals surface area (Å²) in [6.07, 6.45) is 2.43. The lowest BCUT2D eigenvalue weighted by atomic mass is 10.4. The van der Waals surface area contributed by atoms with E-state index in [-0.39, 0.29) is 0 Å². The topological polar surface area (TPSA) is 38.9 Å². The predicted octanol–water partition coefficient (Wildman–Crippen LogP) is 2.41. The third-order valence-corrected chi connectivity index (χ3v) is 2.34. The molecule has 0 bridgehead atoms. The Morgan fingerprint density at radius 2 is 2.15 bits per heavy atom. The summed E-state index contributed by atoms with van der Waals surface area (Å²) in [5.74, 6) is 1.43. The summed E-state index contributed by atoms with van der Waals surface area (Å²) in [4.78, 5) is 8.66. The van der Waals surface area contributed by atoms with Crippen LogP contribution in [-0.2, 0) is 0 Å². The molecule has 0 aromatic carbocycles. The summed E-state index contributed by atoms with van der Waals surface area (Å²) in [5, 5.41) is 0. The molecule has 0 aliphatic heterocycles. The number of oxazole rings is 1. The van der Waals surface area contributed by atoms with E-state index in [9.17, 15) is 0 Å². The molecular weight excluding hydrogens is 164 g/mol. The third kappa shape index (κ3) is 1.11. The van der Waals surface area contributed by atoms with Crippen LogP contribution < -0.4 is 0 Å². The van der Waals surface area contributed by atoms with Crippen molar-refractivity contribution in [2.45, 2.75) is 25.7 Å². The molecule has 3 nitrogen and oxygen atoms in total. The summed E-state index contributed by atoms with van der Waals surface area (Å²) in [7, 11) is 0. The van der Waals surface area contributed by atoms with Crippen molar-refractivity contribution in [3.8, 4) is 0 Å². The molecule has 0 unspecified atom stereocenters. The fourth-order valence-electron chi connectivity index (χ4n) is 1.43. The molecular formula is C10H10N2O. The van der Waals surface area contributed by atoms with Crippen LogP contribution in [0.5, 0.6) is 0 Å². The van der Waals surface area contributed by atoms with E-state index in [4.69, 9.17) is 4.42 Å². The highest BCUT2D eigenvalue weighted by molar-refractivity contribution is 5.68. The highest BCUT2D eigenvalue weighted by atomic mass is 16.4. The van der Waals surface area contributed by atoms with Crippen LogP contribution in [0.2, 0.25) is 0 Å². The van der Waals surface area contributed by atoms with Crippen LogP contribution in [0.15, 0.2) is 16.5 Å². The van der Waals surface area contributed by atoms with Crippen molar-refractivity contribution >= 4 is 11.2 Å². The lowest BCUT2D eigenvalue weighted by molar-refractivity contribution is 0.524. The maximum absolute atomic E-state index is 5.55. The molecule has 0 atom stereocenters. The van der Waals surface area contributed by atoms with Gasteiger partial charge < -0.3 is 4.42 Å². The Hall–Kier alpha value is -1.38. The van der Waals surface area contributed by atoms with Gasteiger partial charge in [0, 0.05) is 11.6 Å². The van der Waals surface area contributed by atoms with Gasteiger partial charge in [-0.15, -0.1) is 0 Å². The number of pyridine rings is 1. The van der Waals surface area contributed by atoms with Crippen LogP contribution >= 0.6 is 0 Å². The van der Waals surface area contributed by atoms with Crippen LogP contribution in [-0.4, -0.2) is 9.97 Å². The zero-order valence-corrected chi connectivity index (χ0v) is 7.45. The molecule has 0 saturated heterocycles. The second-order valence-electron chi connectivity index (χ2n) is 3.60. The van der Waals surface area contributed by atoms with Gasteiger partial charge in [-0.3, -0.25) is 0 Å². The SMILES string of the molecule is Cc1ccc2nc(C3CC3)oc2n1. The second kappa shape index (κ2) is 2.31. The first-order valence-corrected chi connectivity index (χ1v) is 4.57. The van der Waals surface area contributed by atoms with Crippen molar-refractivity contribution < 1.29 is 4.42 Å². The highest BCUT2D eigenvalue weighted by Gasteiger charge is 2.29. The molecule has 2 heterocycles. The van der Waals surface area contributed by atoms with E-state index >= 15 is 0 Å². The molecule has 2 aromatic rings. The van der Waals surface area contributed by atoms with Gasteiger partial charge in [0.25, 0.3) is 0 Å². The number of hydrogen-bond acceptors (Lipinski definition) is 3. The fraction of sp³-hybridized carbons (Fsp3) is 0.400. The standard InChI is InChI=1S/C10H10N2O/c1-6-2-5-8-10(11-6)13-9(12-8)7-3-4-7/h2,5,7H,3-4H2,1H3. The van der Waals surface area contributed by atoms with Gasteiger partial charge in [-0.1, -0.05) is 0 Å². The predicted molar refractivity (Wildman–Crippen MR) is 48.5 cm³/mol. The van der Waals surface area contributed by atoms with E-state index in [0.29, 0.717) is 11.6 Å². The van der Waals surface area contributed by atoms with Gasteiger partial charge in [0.2, 0.25) is 11.6 Å². The molecule has 1 fully saturated rings. The molecule has 0 spiro atoms. The van der Waals surface area contributed by atoms with Gasteiger partial charge in [-0.2, -0.15) is 0 Å². The summed E-state index contributed by atoms with van der Waals surface area (Å²) in [5.41, 5.74) is 2.54. The zero-order valence-electron chi connectivity index (χ0n) is 7.45. The molecule has 0 amide bonds. The van der Waals surface area contributed by atoms with Crippen molar-refractivity contribution in [2.75, 3.05) is 0 Å². The van der Waals surface area contributed by atoms with Gasteiger partial charge in [0.15, 0.2) is 0 Å². The Morgan fingerprint density at radius 1 is 1.31 bits per heavy atom. The Kier molecular flexibility index (Phi) is 1.26. The van der Waals surface area contributed by atoms with Crippen LogP contribution in [0.4, 0.5) is 0 Å². The number of fused-ring (bicyclic) bond motifs is 1. The van der Waals surface area contributed by atoms with Crippen molar-refractivity contribution in [3.05, 3.63) is 23.7 Å². The minimum atomic E-state index is 0.564. The van der Waals surface area contributed by atoms with Crippen LogP contribution in [0.25, 0.3) is 11.2 Å². The van der Waals surface area contributed by atoms with Crippen molar-refractivity contribution in [2.24, 2.45) is 0 Å². The van der Waals surface area contributed by atoms with E-state index in [2.05, 4.69) is 9.97 Å². The summed E-state index contributed by atoms with van der Waals surface area (Å²) in [6.45, 7) is 1.96. The van der Waals surface area contributed by atoms with Gasteiger partial charge in [0.1, 0.15) is 5.52 Å². The number of aryl methyl sites for hydroxylation is 1. The first-order valence-electron chi connectivity index (χ1n) is 4.57. The average molecular weight is 174 g/mol. The van der Waals surface area contributed by atoms with Crippen LogP contribution in [0.3, 0.4) is 0 Å². The third-order valence-electron chi connectivity index (χ3n) is 2.34. The van der Waals surface area contributed by atoms with Gasteiger partial charge in [-0.25, -0.2) is 9.97 Å². The molecule has 2 aromatic heterocycles. The minimum Gasteiger partial charge on any atom is -0.422 e. The summed E-state index contributed by atoms with van der Waals surface area (Å²) in [6, 6.07) is 3.93. The quantitative estimate of drug-likeness (QED) is 0.666. The number of rotatable bonds is 1. The summed E-state index contributed by atoms with van der Waals surface area (Å²) >= 11 is 0. The molecule has 0 N–H and O–H groups in total. The van der Waals surface area contributed by atoms with Crippen LogP contribution in [0, 0.1) is 6.92 Å². The number of aromatic nitrogens is 2.